The van der Waals surface area contributed by atoms with Crippen molar-refractivity contribution in [2.45, 2.75) is 110 Å². The van der Waals surface area contributed by atoms with E-state index in [4.69, 9.17) is 17.2 Å². The lowest BCUT2D eigenvalue weighted by Gasteiger charge is -2.34. The molecule has 0 aliphatic heterocycles. The van der Waals surface area contributed by atoms with E-state index in [1.165, 1.54) is 12.8 Å². The summed E-state index contributed by atoms with van der Waals surface area (Å²) in [6, 6.07) is 8.45. The molecule has 0 bridgehead atoms. The van der Waals surface area contributed by atoms with Gasteiger partial charge in [0.2, 0.25) is 0 Å². The van der Waals surface area contributed by atoms with Gasteiger partial charge in [0.25, 0.3) is 5.56 Å². The van der Waals surface area contributed by atoms with Gasteiger partial charge in [-0.2, -0.15) is 0 Å². The molecule has 0 saturated heterocycles. The molecular formula is C33H58N10O2. The Morgan fingerprint density at radius 1 is 1.00 bits per heavy atom. The number of H-pyrrole nitrogens is 1. The van der Waals surface area contributed by atoms with Crippen LogP contribution >= 0.6 is 0 Å². The first kappa shape index (κ1) is 37.7. The molecule has 1 saturated carbocycles. The average molecular weight is 627 g/mol. The molecule has 1 heterocycles. The normalized spacial score (nSPS) is 16.7. The van der Waals surface area contributed by atoms with Crippen LogP contribution in [0.15, 0.2) is 40.2 Å². The number of nitrogens with two attached hydrogens (primary N) is 3. The number of nitrogens with one attached hydrogen (secondary N) is 5. The van der Waals surface area contributed by atoms with Crippen LogP contribution in [0.2, 0.25) is 0 Å². The molecule has 45 heavy (non-hydrogen) atoms. The van der Waals surface area contributed by atoms with Gasteiger partial charge in [0.1, 0.15) is 5.82 Å². The fraction of sp³-hybridized carbons (Fsp3) is 0.636. The van der Waals surface area contributed by atoms with Crippen molar-refractivity contribution >= 4 is 12.0 Å². The summed E-state index contributed by atoms with van der Waals surface area (Å²) in [7, 11) is 0. The van der Waals surface area contributed by atoms with Crippen molar-refractivity contribution in [1.29, 1.82) is 0 Å². The highest BCUT2D eigenvalue weighted by Crippen LogP contribution is 2.20. The molecule has 2 aromatic rings. The number of aromatic amines is 1. The molecule has 0 radical (unpaired) electrons. The van der Waals surface area contributed by atoms with E-state index < -0.39 is 0 Å². The van der Waals surface area contributed by atoms with E-state index in [0.29, 0.717) is 30.5 Å². The minimum atomic E-state index is -0.193. The molecule has 2 atom stereocenters. The lowest BCUT2D eigenvalue weighted by molar-refractivity contribution is 0.215. The second-order valence-electron chi connectivity index (χ2n) is 13.7. The number of urea groups is 1. The molecule has 12 heteroatoms. The maximum Gasteiger partial charge on any atom is 0.315 e. The molecule has 3 rings (SSSR count). The number of rotatable bonds is 12. The van der Waals surface area contributed by atoms with Gasteiger partial charge < -0.3 is 43.5 Å². The van der Waals surface area contributed by atoms with E-state index >= 15 is 0 Å². The maximum atomic E-state index is 12.4. The Morgan fingerprint density at radius 2 is 1.67 bits per heavy atom. The van der Waals surface area contributed by atoms with Gasteiger partial charge in [-0.25, -0.2) is 9.78 Å². The van der Waals surface area contributed by atoms with Gasteiger partial charge >= 0.3 is 6.03 Å². The Hall–Kier alpha value is -3.48. The molecule has 1 aliphatic rings. The number of guanidine groups is 1. The largest absolute Gasteiger partial charge is 0.370 e. The Bertz CT molecular complexity index is 1240. The smallest absolute Gasteiger partial charge is 0.315 e. The summed E-state index contributed by atoms with van der Waals surface area (Å²) < 4.78 is 0. The van der Waals surface area contributed by atoms with Crippen molar-refractivity contribution in [3.63, 3.8) is 0 Å². The van der Waals surface area contributed by atoms with Gasteiger partial charge in [0.15, 0.2) is 5.96 Å². The highest BCUT2D eigenvalue weighted by Gasteiger charge is 2.27. The number of carbonyl (C=O) groups is 1. The molecule has 1 aromatic heterocycles. The van der Waals surface area contributed by atoms with Crippen molar-refractivity contribution in [1.82, 2.24) is 31.2 Å². The molecule has 2 amide bonds. The number of aromatic nitrogens is 2. The zero-order chi connectivity index (χ0) is 33.5. The van der Waals surface area contributed by atoms with Crippen molar-refractivity contribution in [3.05, 3.63) is 52.2 Å². The van der Waals surface area contributed by atoms with Crippen LogP contribution in [-0.2, 0) is 12.0 Å². The van der Waals surface area contributed by atoms with Crippen LogP contribution in [0.1, 0.15) is 91.5 Å². The van der Waals surface area contributed by atoms with Gasteiger partial charge in [-0.05, 0) is 77.2 Å². The SMILES string of the molecule is CC(C)(C)NC(=O)NC1CCCC[C@H]1NCCCN.CC(C)(C)c1ncc(-c2ccc(CNCCCN=C(N)N)cc2)c(=O)[nH]1. The number of aliphatic imine (C=N–C) groups is 1. The Balaban J connectivity index is 0.000000330. The third-order valence-corrected chi connectivity index (χ3v) is 7.27. The van der Waals surface area contributed by atoms with Crippen LogP contribution in [0, 0.1) is 0 Å². The minimum Gasteiger partial charge on any atom is -0.370 e. The number of nitrogens with zero attached hydrogens (tertiary/aromatic N) is 2. The van der Waals surface area contributed by atoms with Gasteiger partial charge in [-0.1, -0.05) is 57.9 Å². The number of hydrogen-bond donors (Lipinski definition) is 8. The summed E-state index contributed by atoms with van der Waals surface area (Å²) >= 11 is 0. The van der Waals surface area contributed by atoms with Crippen molar-refractivity contribution in [2.24, 2.45) is 22.2 Å². The minimum absolute atomic E-state index is 0.0648. The number of benzene rings is 1. The monoisotopic (exact) mass is 626 g/mol. The molecule has 11 N–H and O–H groups in total. The van der Waals surface area contributed by atoms with Gasteiger partial charge in [0, 0.05) is 42.3 Å². The Kier molecular flexibility index (Phi) is 15.5. The summed E-state index contributed by atoms with van der Waals surface area (Å²) in [5, 5.41) is 12.9. The molecule has 1 aliphatic carbocycles. The molecular weight excluding hydrogens is 568 g/mol. The predicted molar refractivity (Wildman–Crippen MR) is 185 cm³/mol. The van der Waals surface area contributed by atoms with Gasteiger partial charge in [0.05, 0.1) is 5.56 Å². The van der Waals surface area contributed by atoms with Crippen LogP contribution in [0.25, 0.3) is 11.1 Å². The zero-order valence-corrected chi connectivity index (χ0v) is 28.3. The highest BCUT2D eigenvalue weighted by atomic mass is 16.2. The lowest BCUT2D eigenvalue weighted by atomic mass is 9.90. The van der Waals surface area contributed by atoms with Gasteiger partial charge in [-0.15, -0.1) is 0 Å². The molecule has 1 fully saturated rings. The van der Waals surface area contributed by atoms with E-state index in [1.54, 1.807) is 6.20 Å². The fourth-order valence-corrected chi connectivity index (χ4v) is 4.91. The van der Waals surface area contributed by atoms with E-state index in [2.05, 4.69) is 36.2 Å². The molecule has 252 valence electrons. The summed E-state index contributed by atoms with van der Waals surface area (Å²) in [5.41, 5.74) is 18.2. The van der Waals surface area contributed by atoms with Crippen molar-refractivity contribution in [3.8, 4) is 11.1 Å². The molecule has 1 aromatic carbocycles. The van der Waals surface area contributed by atoms with Crippen LogP contribution < -0.4 is 44.0 Å². The van der Waals surface area contributed by atoms with E-state index in [-0.39, 0.29) is 34.5 Å². The standard InChI is InChI=1S/C19H28N6O.C14H30N4O/c1-19(2,3)17-24-12-15(16(26)25-17)14-7-5-13(6-8-14)11-22-9-4-10-23-18(20)21;1-14(2,3)18-13(19)17-12-8-5-4-7-11(12)16-10-6-9-15/h5-8,12,22H,4,9-11H2,1-3H3,(H4,20,21,23)(H,24,25,26);11-12,16H,4-10,15H2,1-3H3,(H2,17,18,19)/t;11-,12?/m.1/s1. The van der Waals surface area contributed by atoms with Crippen LogP contribution in [-0.4, -0.2) is 65.8 Å². The van der Waals surface area contributed by atoms with Gasteiger partial charge in [-0.3, -0.25) is 9.79 Å². The van der Waals surface area contributed by atoms with Crippen LogP contribution in [0.3, 0.4) is 0 Å². The summed E-state index contributed by atoms with van der Waals surface area (Å²) in [6.45, 7) is 15.9. The maximum absolute atomic E-state index is 12.4. The third-order valence-electron chi connectivity index (χ3n) is 7.27. The van der Waals surface area contributed by atoms with E-state index in [9.17, 15) is 9.59 Å². The van der Waals surface area contributed by atoms with Crippen molar-refractivity contribution in [2.75, 3.05) is 26.2 Å². The average Bonchev–Trinajstić information content (AvgIpc) is 2.95. The fourth-order valence-electron chi connectivity index (χ4n) is 4.91. The summed E-state index contributed by atoms with van der Waals surface area (Å²) in [4.78, 5) is 35.5. The zero-order valence-electron chi connectivity index (χ0n) is 28.3. The third kappa shape index (κ3) is 14.9. The topological polar surface area (TPSA) is 201 Å². The molecule has 1 unspecified atom stereocenters. The predicted octanol–water partition coefficient (Wildman–Crippen LogP) is 2.82. The summed E-state index contributed by atoms with van der Waals surface area (Å²) in [6.07, 6.45) is 8.11. The Morgan fingerprint density at radius 3 is 2.24 bits per heavy atom. The lowest BCUT2D eigenvalue weighted by Crippen LogP contribution is -2.56. The van der Waals surface area contributed by atoms with Crippen LogP contribution in [0.4, 0.5) is 4.79 Å². The first-order valence-corrected chi connectivity index (χ1v) is 16.2. The second kappa shape index (κ2) is 18.5. The highest BCUT2D eigenvalue weighted by molar-refractivity contribution is 5.75. The first-order chi connectivity index (χ1) is 21.2. The van der Waals surface area contributed by atoms with E-state index in [0.717, 1.165) is 56.4 Å². The number of hydrogen-bond acceptors (Lipinski definition) is 7. The van der Waals surface area contributed by atoms with Crippen LogP contribution in [0.5, 0.6) is 0 Å². The van der Waals surface area contributed by atoms with Crippen molar-refractivity contribution < 1.29 is 4.79 Å². The van der Waals surface area contributed by atoms with E-state index in [1.807, 2.05) is 65.8 Å². The number of carbonyl (C=O) groups excluding carboxylic acids is 1. The Labute approximate surface area is 269 Å². The molecule has 0 spiro atoms. The first-order valence-electron chi connectivity index (χ1n) is 16.2. The molecule has 12 nitrogen and oxygen atoms in total. The quantitative estimate of drug-likeness (QED) is 0.0998. The number of amides is 2. The summed E-state index contributed by atoms with van der Waals surface area (Å²) in [5.74, 6) is 0.813. The second-order valence-corrected chi connectivity index (χ2v) is 13.7.